The third kappa shape index (κ3) is 2.74. The Hall–Kier alpha value is -1.02. The molecule has 0 radical (unpaired) electrons. The van der Waals surface area contributed by atoms with Crippen LogP contribution in [0.2, 0.25) is 0 Å². The molecule has 2 heteroatoms. The maximum absolute atomic E-state index is 5.89. The topological polar surface area (TPSA) is 35.2 Å². The lowest BCUT2D eigenvalue weighted by molar-refractivity contribution is 0.411. The zero-order chi connectivity index (χ0) is 10.6. The molecule has 0 fully saturated rings. The second-order valence-electron chi connectivity index (χ2n) is 3.68. The molecule has 0 amide bonds. The summed E-state index contributed by atoms with van der Waals surface area (Å²) in [5, 5.41) is 0. The van der Waals surface area contributed by atoms with Gasteiger partial charge < -0.3 is 10.5 Å². The minimum atomic E-state index is 0.266. The molecule has 1 aromatic carbocycles. The lowest BCUT2D eigenvalue weighted by atomic mass is 10.0. The summed E-state index contributed by atoms with van der Waals surface area (Å²) in [4.78, 5) is 0. The van der Waals surface area contributed by atoms with Gasteiger partial charge in [0, 0.05) is 6.04 Å². The van der Waals surface area contributed by atoms with E-state index in [0.717, 1.165) is 18.6 Å². The highest BCUT2D eigenvalue weighted by Gasteiger charge is 2.03. The van der Waals surface area contributed by atoms with Crippen molar-refractivity contribution in [1.29, 1.82) is 0 Å². The van der Waals surface area contributed by atoms with Crippen molar-refractivity contribution in [2.75, 3.05) is 7.11 Å². The molecule has 2 nitrogen and oxygen atoms in total. The minimum absolute atomic E-state index is 0.266. The summed E-state index contributed by atoms with van der Waals surface area (Å²) in [5.74, 6) is 0.943. The van der Waals surface area contributed by atoms with E-state index in [2.05, 4.69) is 26.0 Å². The van der Waals surface area contributed by atoms with Crippen LogP contribution < -0.4 is 10.5 Å². The first-order valence-electron chi connectivity index (χ1n) is 5.06. The van der Waals surface area contributed by atoms with Crippen molar-refractivity contribution in [1.82, 2.24) is 0 Å². The fourth-order valence-electron chi connectivity index (χ4n) is 1.51. The van der Waals surface area contributed by atoms with Crippen molar-refractivity contribution in [3.63, 3.8) is 0 Å². The summed E-state index contributed by atoms with van der Waals surface area (Å²) in [6, 6.07) is 6.51. The quantitative estimate of drug-likeness (QED) is 0.796. The van der Waals surface area contributed by atoms with Gasteiger partial charge in [0.1, 0.15) is 5.75 Å². The summed E-state index contributed by atoms with van der Waals surface area (Å²) in [5.41, 5.74) is 8.36. The maximum Gasteiger partial charge on any atom is 0.121 e. The van der Waals surface area contributed by atoms with Crippen molar-refractivity contribution >= 4 is 0 Å². The fraction of sp³-hybridized carbons (Fsp3) is 0.500. The van der Waals surface area contributed by atoms with E-state index in [1.165, 1.54) is 11.1 Å². The fourth-order valence-corrected chi connectivity index (χ4v) is 1.51. The van der Waals surface area contributed by atoms with Crippen molar-refractivity contribution in [3.05, 3.63) is 29.3 Å². The first kappa shape index (κ1) is 11.1. The second-order valence-corrected chi connectivity index (χ2v) is 3.68. The van der Waals surface area contributed by atoms with Crippen LogP contribution in [0.1, 0.15) is 24.5 Å². The largest absolute Gasteiger partial charge is 0.496 e. The maximum atomic E-state index is 5.89. The van der Waals surface area contributed by atoms with Crippen molar-refractivity contribution in [2.24, 2.45) is 5.73 Å². The summed E-state index contributed by atoms with van der Waals surface area (Å²) >= 11 is 0. The van der Waals surface area contributed by atoms with Gasteiger partial charge in [-0.05, 0) is 37.0 Å². The zero-order valence-electron chi connectivity index (χ0n) is 9.21. The van der Waals surface area contributed by atoms with Crippen molar-refractivity contribution in [3.8, 4) is 5.75 Å². The number of rotatable bonds is 4. The standard InChI is InChI=1S/C12H19NO/c1-4-11(13)8-10-5-6-12(14-3)9(2)7-10/h5-7,11H,4,8,13H2,1-3H3. The third-order valence-corrected chi connectivity index (χ3v) is 2.48. The molecule has 1 unspecified atom stereocenters. The van der Waals surface area contributed by atoms with Gasteiger partial charge in [-0.25, -0.2) is 0 Å². The van der Waals surface area contributed by atoms with E-state index >= 15 is 0 Å². The summed E-state index contributed by atoms with van der Waals surface area (Å²) in [6.07, 6.45) is 1.96. The summed E-state index contributed by atoms with van der Waals surface area (Å²) in [7, 11) is 1.69. The number of hydrogen-bond donors (Lipinski definition) is 1. The summed E-state index contributed by atoms with van der Waals surface area (Å²) in [6.45, 7) is 4.17. The third-order valence-electron chi connectivity index (χ3n) is 2.48. The van der Waals surface area contributed by atoms with Crippen LogP contribution in [0.15, 0.2) is 18.2 Å². The predicted molar refractivity (Wildman–Crippen MR) is 59.7 cm³/mol. The highest BCUT2D eigenvalue weighted by atomic mass is 16.5. The molecule has 0 spiro atoms. The molecule has 14 heavy (non-hydrogen) atoms. The molecule has 0 aromatic heterocycles. The first-order valence-corrected chi connectivity index (χ1v) is 5.06. The van der Waals surface area contributed by atoms with E-state index in [1.54, 1.807) is 7.11 Å². The van der Waals surface area contributed by atoms with Gasteiger partial charge in [0.2, 0.25) is 0 Å². The molecule has 0 aliphatic rings. The van der Waals surface area contributed by atoms with Gasteiger partial charge in [0.25, 0.3) is 0 Å². The van der Waals surface area contributed by atoms with Gasteiger partial charge in [0.15, 0.2) is 0 Å². The highest BCUT2D eigenvalue weighted by Crippen LogP contribution is 2.19. The van der Waals surface area contributed by atoms with E-state index in [-0.39, 0.29) is 6.04 Å². The van der Waals surface area contributed by atoms with Crippen LogP contribution in [0.4, 0.5) is 0 Å². The van der Waals surface area contributed by atoms with Crippen LogP contribution in [0.3, 0.4) is 0 Å². The van der Waals surface area contributed by atoms with Crippen molar-refractivity contribution in [2.45, 2.75) is 32.7 Å². The molecule has 78 valence electrons. The number of methoxy groups -OCH3 is 1. The average Bonchev–Trinajstić information content (AvgIpc) is 2.18. The molecule has 0 saturated carbocycles. The Kier molecular flexibility index (Phi) is 3.96. The molecule has 2 N–H and O–H groups in total. The number of hydrogen-bond acceptors (Lipinski definition) is 2. The smallest absolute Gasteiger partial charge is 0.121 e. The van der Waals surface area contributed by atoms with E-state index in [9.17, 15) is 0 Å². The molecule has 0 saturated heterocycles. The van der Waals surface area contributed by atoms with E-state index in [0.29, 0.717) is 0 Å². The second kappa shape index (κ2) is 5.01. The predicted octanol–water partition coefficient (Wildman–Crippen LogP) is 2.28. The van der Waals surface area contributed by atoms with E-state index in [1.807, 2.05) is 6.07 Å². The highest BCUT2D eigenvalue weighted by molar-refractivity contribution is 5.36. The molecule has 1 aromatic rings. The van der Waals surface area contributed by atoms with Crippen LogP contribution in [0.5, 0.6) is 5.75 Å². The SMILES string of the molecule is CCC(N)Cc1ccc(OC)c(C)c1. The minimum Gasteiger partial charge on any atom is -0.496 e. The molecular weight excluding hydrogens is 174 g/mol. The van der Waals surface area contributed by atoms with Crippen LogP contribution in [0.25, 0.3) is 0 Å². The van der Waals surface area contributed by atoms with Gasteiger partial charge >= 0.3 is 0 Å². The lowest BCUT2D eigenvalue weighted by Gasteiger charge is -2.11. The first-order chi connectivity index (χ1) is 6.67. The van der Waals surface area contributed by atoms with Gasteiger partial charge in [-0.2, -0.15) is 0 Å². The molecule has 0 bridgehead atoms. The van der Waals surface area contributed by atoms with Gasteiger partial charge in [-0.15, -0.1) is 0 Å². The number of aryl methyl sites for hydroxylation is 1. The zero-order valence-corrected chi connectivity index (χ0v) is 9.21. The lowest BCUT2D eigenvalue weighted by Crippen LogP contribution is -2.21. The molecule has 1 rings (SSSR count). The van der Waals surface area contributed by atoms with Crippen LogP contribution in [-0.4, -0.2) is 13.2 Å². The Balaban J connectivity index is 2.76. The van der Waals surface area contributed by atoms with Crippen LogP contribution >= 0.6 is 0 Å². The Labute approximate surface area is 86.1 Å². The number of ether oxygens (including phenoxy) is 1. The molecule has 0 aliphatic carbocycles. The molecule has 1 atom stereocenters. The molecule has 0 aliphatic heterocycles. The Morgan fingerprint density at radius 2 is 2.14 bits per heavy atom. The van der Waals surface area contributed by atoms with E-state index in [4.69, 9.17) is 10.5 Å². The average molecular weight is 193 g/mol. The van der Waals surface area contributed by atoms with Gasteiger partial charge in [-0.3, -0.25) is 0 Å². The number of benzene rings is 1. The Morgan fingerprint density at radius 1 is 1.43 bits per heavy atom. The Bertz CT molecular complexity index is 296. The molecular formula is C12H19NO. The Morgan fingerprint density at radius 3 is 2.64 bits per heavy atom. The number of nitrogens with two attached hydrogens (primary N) is 1. The summed E-state index contributed by atoms with van der Waals surface area (Å²) < 4.78 is 5.20. The normalized spacial score (nSPS) is 12.6. The molecule has 0 heterocycles. The monoisotopic (exact) mass is 193 g/mol. The van der Waals surface area contributed by atoms with Gasteiger partial charge in [0.05, 0.1) is 7.11 Å². The van der Waals surface area contributed by atoms with E-state index < -0.39 is 0 Å². The van der Waals surface area contributed by atoms with Crippen LogP contribution in [-0.2, 0) is 6.42 Å². The van der Waals surface area contributed by atoms with Crippen molar-refractivity contribution < 1.29 is 4.74 Å². The van der Waals surface area contributed by atoms with Crippen LogP contribution in [0, 0.1) is 6.92 Å². The van der Waals surface area contributed by atoms with Gasteiger partial charge in [-0.1, -0.05) is 19.1 Å².